The van der Waals surface area contributed by atoms with E-state index in [2.05, 4.69) is 18.0 Å². The summed E-state index contributed by atoms with van der Waals surface area (Å²) in [6.07, 6.45) is 6.57. The van der Waals surface area contributed by atoms with Crippen molar-refractivity contribution in [1.29, 1.82) is 0 Å². The van der Waals surface area contributed by atoms with Gasteiger partial charge in [0.2, 0.25) is 0 Å². The molecule has 1 heterocycles. The standard InChI is InChI=1S/C17H22N2O/c1-11-8-13(3)16-14(9-11)17(20)19(10-18-16)15-7-5-4-6-12(15)2/h8-10,12,15H,4-7H2,1-3H3. The molecule has 0 saturated heterocycles. The average Bonchev–Trinajstić information content (AvgIpc) is 2.41. The highest BCUT2D eigenvalue weighted by Gasteiger charge is 2.24. The van der Waals surface area contributed by atoms with Gasteiger partial charge in [0.1, 0.15) is 0 Å². The highest BCUT2D eigenvalue weighted by molar-refractivity contribution is 5.81. The molecule has 1 aliphatic carbocycles. The maximum Gasteiger partial charge on any atom is 0.261 e. The first-order valence-corrected chi connectivity index (χ1v) is 7.56. The molecule has 3 heteroatoms. The van der Waals surface area contributed by atoms with Crippen molar-refractivity contribution < 1.29 is 0 Å². The second-order valence-corrected chi connectivity index (χ2v) is 6.26. The minimum Gasteiger partial charge on any atom is -0.295 e. The molecule has 3 nitrogen and oxygen atoms in total. The first kappa shape index (κ1) is 13.3. The first-order chi connectivity index (χ1) is 9.58. The number of rotatable bonds is 1. The zero-order chi connectivity index (χ0) is 14.3. The summed E-state index contributed by atoms with van der Waals surface area (Å²) in [6.45, 7) is 6.31. The molecular formula is C17H22N2O. The highest BCUT2D eigenvalue weighted by atomic mass is 16.1. The predicted molar refractivity (Wildman–Crippen MR) is 82.1 cm³/mol. The molecule has 0 bridgehead atoms. The zero-order valence-electron chi connectivity index (χ0n) is 12.5. The van der Waals surface area contributed by atoms with Crippen LogP contribution in [0.25, 0.3) is 10.9 Å². The van der Waals surface area contributed by atoms with Crippen molar-refractivity contribution in [2.24, 2.45) is 5.92 Å². The number of fused-ring (bicyclic) bond motifs is 1. The lowest BCUT2D eigenvalue weighted by molar-refractivity contribution is 0.251. The van der Waals surface area contributed by atoms with Crippen LogP contribution in [0, 0.1) is 19.8 Å². The largest absolute Gasteiger partial charge is 0.295 e. The lowest BCUT2D eigenvalue weighted by Crippen LogP contribution is -2.31. The second kappa shape index (κ2) is 5.04. The van der Waals surface area contributed by atoms with Crippen LogP contribution in [0.2, 0.25) is 0 Å². The van der Waals surface area contributed by atoms with Gasteiger partial charge in [0, 0.05) is 6.04 Å². The number of hydrogen-bond donors (Lipinski definition) is 0. The Hall–Kier alpha value is -1.64. The van der Waals surface area contributed by atoms with E-state index in [4.69, 9.17) is 0 Å². The summed E-state index contributed by atoms with van der Waals surface area (Å²) >= 11 is 0. The normalized spacial score (nSPS) is 23.1. The maximum atomic E-state index is 12.8. The molecule has 2 atom stereocenters. The van der Waals surface area contributed by atoms with E-state index in [-0.39, 0.29) is 5.56 Å². The van der Waals surface area contributed by atoms with E-state index in [1.54, 1.807) is 6.33 Å². The molecule has 1 fully saturated rings. The lowest BCUT2D eigenvalue weighted by atomic mass is 9.85. The second-order valence-electron chi connectivity index (χ2n) is 6.26. The SMILES string of the molecule is Cc1cc(C)c2ncn(C3CCCCC3C)c(=O)c2c1. The minimum absolute atomic E-state index is 0.126. The predicted octanol–water partition coefficient (Wildman–Crippen LogP) is 3.76. The fraction of sp³-hybridized carbons (Fsp3) is 0.529. The summed E-state index contributed by atoms with van der Waals surface area (Å²) in [5, 5.41) is 0.766. The molecule has 106 valence electrons. The van der Waals surface area contributed by atoms with Crippen molar-refractivity contribution in [2.75, 3.05) is 0 Å². The summed E-state index contributed by atoms with van der Waals surface area (Å²) in [5.41, 5.74) is 3.19. The summed E-state index contributed by atoms with van der Waals surface area (Å²) in [7, 11) is 0. The Kier molecular flexibility index (Phi) is 3.36. The van der Waals surface area contributed by atoms with Gasteiger partial charge in [-0.15, -0.1) is 0 Å². The molecule has 0 N–H and O–H groups in total. The monoisotopic (exact) mass is 270 g/mol. The molecule has 1 aromatic carbocycles. The molecule has 0 radical (unpaired) electrons. The molecule has 0 spiro atoms. The Labute approximate surface area is 119 Å². The maximum absolute atomic E-state index is 12.8. The van der Waals surface area contributed by atoms with Gasteiger partial charge >= 0.3 is 0 Å². The van der Waals surface area contributed by atoms with Gasteiger partial charge in [-0.3, -0.25) is 9.36 Å². The molecule has 3 rings (SSSR count). The van der Waals surface area contributed by atoms with Gasteiger partial charge in [0.05, 0.1) is 17.2 Å². The number of nitrogens with zero attached hydrogens (tertiary/aromatic N) is 2. The van der Waals surface area contributed by atoms with E-state index in [0.717, 1.165) is 28.5 Å². The van der Waals surface area contributed by atoms with Crippen molar-refractivity contribution in [3.05, 3.63) is 39.9 Å². The van der Waals surface area contributed by atoms with E-state index in [9.17, 15) is 4.79 Å². The van der Waals surface area contributed by atoms with E-state index in [1.165, 1.54) is 19.3 Å². The Morgan fingerprint density at radius 3 is 2.70 bits per heavy atom. The molecule has 2 unspecified atom stereocenters. The number of aromatic nitrogens is 2. The van der Waals surface area contributed by atoms with Crippen molar-refractivity contribution in [3.63, 3.8) is 0 Å². The molecule has 1 aromatic heterocycles. The van der Waals surface area contributed by atoms with Crippen LogP contribution in [0.4, 0.5) is 0 Å². The third kappa shape index (κ3) is 2.15. The fourth-order valence-corrected chi connectivity index (χ4v) is 3.55. The first-order valence-electron chi connectivity index (χ1n) is 7.56. The van der Waals surface area contributed by atoms with E-state index < -0.39 is 0 Å². The summed E-state index contributed by atoms with van der Waals surface area (Å²) in [4.78, 5) is 17.4. The Morgan fingerprint density at radius 1 is 1.20 bits per heavy atom. The summed E-state index contributed by atoms with van der Waals surface area (Å²) in [5.74, 6) is 0.562. The average molecular weight is 270 g/mol. The van der Waals surface area contributed by atoms with Crippen LogP contribution in [0.1, 0.15) is 49.8 Å². The molecule has 0 amide bonds. The fourth-order valence-electron chi connectivity index (χ4n) is 3.55. The van der Waals surface area contributed by atoms with Crippen LogP contribution < -0.4 is 5.56 Å². The van der Waals surface area contributed by atoms with Crippen molar-refractivity contribution >= 4 is 10.9 Å². The van der Waals surface area contributed by atoms with Gasteiger partial charge < -0.3 is 0 Å². The van der Waals surface area contributed by atoms with E-state index >= 15 is 0 Å². The van der Waals surface area contributed by atoms with Crippen molar-refractivity contribution in [3.8, 4) is 0 Å². The van der Waals surface area contributed by atoms with Gasteiger partial charge in [-0.25, -0.2) is 4.98 Å². The van der Waals surface area contributed by atoms with Gasteiger partial charge in [-0.05, 0) is 49.8 Å². The Balaban J connectivity index is 2.18. The number of aryl methyl sites for hydroxylation is 2. The third-order valence-corrected chi connectivity index (χ3v) is 4.64. The van der Waals surface area contributed by atoms with E-state index in [1.807, 2.05) is 24.5 Å². The zero-order valence-corrected chi connectivity index (χ0v) is 12.5. The Morgan fingerprint density at radius 2 is 1.95 bits per heavy atom. The quantitative estimate of drug-likeness (QED) is 0.790. The molecule has 0 aliphatic heterocycles. The number of benzene rings is 1. The molecule has 20 heavy (non-hydrogen) atoms. The lowest BCUT2D eigenvalue weighted by Gasteiger charge is -2.30. The molecular weight excluding hydrogens is 248 g/mol. The number of hydrogen-bond acceptors (Lipinski definition) is 2. The van der Waals surface area contributed by atoms with Crippen LogP contribution >= 0.6 is 0 Å². The highest BCUT2D eigenvalue weighted by Crippen LogP contribution is 2.32. The smallest absolute Gasteiger partial charge is 0.261 e. The van der Waals surface area contributed by atoms with Crippen molar-refractivity contribution in [1.82, 2.24) is 9.55 Å². The van der Waals surface area contributed by atoms with Gasteiger partial charge in [-0.1, -0.05) is 25.8 Å². The van der Waals surface area contributed by atoms with Crippen LogP contribution in [-0.2, 0) is 0 Å². The van der Waals surface area contributed by atoms with E-state index in [0.29, 0.717) is 12.0 Å². The molecule has 1 saturated carbocycles. The summed E-state index contributed by atoms with van der Waals surface area (Å²) in [6, 6.07) is 4.37. The van der Waals surface area contributed by atoms with Crippen molar-refractivity contribution in [2.45, 2.75) is 52.5 Å². The Bertz CT molecular complexity index is 702. The topological polar surface area (TPSA) is 34.9 Å². The third-order valence-electron chi connectivity index (χ3n) is 4.64. The molecule has 1 aliphatic rings. The molecule has 2 aromatic rings. The van der Waals surface area contributed by atoms with Gasteiger partial charge in [0.25, 0.3) is 5.56 Å². The van der Waals surface area contributed by atoms with Crippen LogP contribution in [0.3, 0.4) is 0 Å². The minimum atomic E-state index is 0.126. The van der Waals surface area contributed by atoms with Gasteiger partial charge in [0.15, 0.2) is 0 Å². The summed E-state index contributed by atoms with van der Waals surface area (Å²) < 4.78 is 1.88. The van der Waals surface area contributed by atoms with Crippen LogP contribution in [0.5, 0.6) is 0 Å². The van der Waals surface area contributed by atoms with Crippen LogP contribution in [-0.4, -0.2) is 9.55 Å². The van der Waals surface area contributed by atoms with Crippen LogP contribution in [0.15, 0.2) is 23.3 Å². The van der Waals surface area contributed by atoms with Gasteiger partial charge in [-0.2, -0.15) is 0 Å².